The Morgan fingerprint density at radius 2 is 1.38 bits per heavy atom. The summed E-state index contributed by atoms with van der Waals surface area (Å²) in [7, 11) is 1.63. The molecule has 5 heteroatoms. The molecule has 0 saturated carbocycles. The van der Waals surface area contributed by atoms with Crippen molar-refractivity contribution in [2.75, 3.05) is 53.4 Å². The third-order valence-corrected chi connectivity index (χ3v) is 1.83. The summed E-state index contributed by atoms with van der Waals surface area (Å²) in [6, 6.07) is 0. The quantitative estimate of drug-likeness (QED) is 0.464. The maximum Gasteiger partial charge on any atom is 0.158 e. The van der Waals surface area contributed by atoms with Crippen molar-refractivity contribution in [3.63, 3.8) is 0 Å². The number of carbonyl (C=O) groups excluding carboxylic acids is 1. The highest BCUT2D eigenvalue weighted by Crippen LogP contribution is 1.85. The first-order chi connectivity index (χ1) is 7.81. The molecule has 0 amide bonds. The molecule has 0 radical (unpaired) electrons. The summed E-state index contributed by atoms with van der Waals surface area (Å²) < 4.78 is 20.3. The Morgan fingerprint density at radius 1 is 0.875 bits per heavy atom. The lowest BCUT2D eigenvalue weighted by molar-refractivity contribution is -0.123. The van der Waals surface area contributed by atoms with E-state index < -0.39 is 0 Å². The van der Waals surface area contributed by atoms with Crippen LogP contribution in [0.5, 0.6) is 0 Å². The average Bonchev–Trinajstić information content (AvgIpc) is 2.31. The number of ketones is 1. The third kappa shape index (κ3) is 11.6. The molecule has 16 heavy (non-hydrogen) atoms. The van der Waals surface area contributed by atoms with Crippen molar-refractivity contribution in [1.29, 1.82) is 0 Å². The smallest absolute Gasteiger partial charge is 0.158 e. The molecule has 96 valence electrons. The van der Waals surface area contributed by atoms with E-state index in [1.165, 1.54) is 0 Å². The standard InChI is InChI=1S/C11H22O5/c1-3-11(12)10-16-9-8-15-7-6-14-5-4-13-2/h3-10H2,1-2H3. The highest BCUT2D eigenvalue weighted by Gasteiger charge is 1.97. The molecule has 0 aliphatic heterocycles. The number of Topliss-reactive ketones (excluding diaryl/α,β-unsaturated/α-hetero) is 1. The van der Waals surface area contributed by atoms with Crippen molar-refractivity contribution in [2.24, 2.45) is 0 Å². The van der Waals surface area contributed by atoms with Crippen LogP contribution in [0.2, 0.25) is 0 Å². The maximum atomic E-state index is 10.8. The van der Waals surface area contributed by atoms with Gasteiger partial charge >= 0.3 is 0 Å². The van der Waals surface area contributed by atoms with E-state index in [1.54, 1.807) is 7.11 Å². The van der Waals surface area contributed by atoms with E-state index >= 15 is 0 Å². The van der Waals surface area contributed by atoms with Crippen molar-refractivity contribution in [3.05, 3.63) is 0 Å². The number of hydrogen-bond acceptors (Lipinski definition) is 5. The Labute approximate surface area is 97.0 Å². The zero-order valence-electron chi connectivity index (χ0n) is 10.2. The maximum absolute atomic E-state index is 10.8. The van der Waals surface area contributed by atoms with E-state index in [0.717, 1.165) is 0 Å². The SMILES string of the molecule is CCC(=O)COCCOCCOCCOC. The predicted molar refractivity (Wildman–Crippen MR) is 59.6 cm³/mol. The zero-order valence-corrected chi connectivity index (χ0v) is 10.2. The molecule has 0 aromatic rings. The van der Waals surface area contributed by atoms with Gasteiger partial charge in [-0.3, -0.25) is 4.79 Å². The Kier molecular flexibility index (Phi) is 12.2. The third-order valence-electron chi connectivity index (χ3n) is 1.83. The molecule has 0 aromatic carbocycles. The second kappa shape index (κ2) is 12.6. The van der Waals surface area contributed by atoms with Crippen LogP contribution in [-0.2, 0) is 23.7 Å². The molecule has 0 bridgehead atoms. The first kappa shape index (κ1) is 15.5. The average molecular weight is 234 g/mol. The van der Waals surface area contributed by atoms with Crippen LogP contribution in [0, 0.1) is 0 Å². The van der Waals surface area contributed by atoms with E-state index in [-0.39, 0.29) is 12.4 Å². The van der Waals surface area contributed by atoms with Gasteiger partial charge in [0.25, 0.3) is 0 Å². The zero-order chi connectivity index (χ0) is 12.1. The molecule has 0 spiro atoms. The van der Waals surface area contributed by atoms with Crippen LogP contribution in [0.4, 0.5) is 0 Å². The van der Waals surface area contributed by atoms with Gasteiger partial charge in [-0.05, 0) is 0 Å². The topological polar surface area (TPSA) is 54.0 Å². The summed E-state index contributed by atoms with van der Waals surface area (Å²) >= 11 is 0. The van der Waals surface area contributed by atoms with Crippen LogP contribution in [0.1, 0.15) is 13.3 Å². The van der Waals surface area contributed by atoms with Gasteiger partial charge in [-0.2, -0.15) is 0 Å². The minimum absolute atomic E-state index is 0.114. The summed E-state index contributed by atoms with van der Waals surface area (Å²) in [6.07, 6.45) is 0.522. The monoisotopic (exact) mass is 234 g/mol. The molecule has 0 aromatic heterocycles. The molecule has 0 atom stereocenters. The highest BCUT2D eigenvalue weighted by molar-refractivity contribution is 5.79. The summed E-state index contributed by atoms with van der Waals surface area (Å²) in [4.78, 5) is 10.8. The van der Waals surface area contributed by atoms with Gasteiger partial charge in [-0.1, -0.05) is 6.92 Å². The Hall–Kier alpha value is -0.490. The van der Waals surface area contributed by atoms with Gasteiger partial charge in [0.1, 0.15) is 6.61 Å². The van der Waals surface area contributed by atoms with Crippen molar-refractivity contribution < 1.29 is 23.7 Å². The number of ether oxygens (including phenoxy) is 4. The lowest BCUT2D eigenvalue weighted by atomic mass is 10.3. The van der Waals surface area contributed by atoms with Crippen molar-refractivity contribution in [1.82, 2.24) is 0 Å². The van der Waals surface area contributed by atoms with E-state index in [4.69, 9.17) is 18.9 Å². The lowest BCUT2D eigenvalue weighted by Gasteiger charge is -2.05. The Bertz CT molecular complexity index is 160. The van der Waals surface area contributed by atoms with Crippen LogP contribution in [-0.4, -0.2) is 59.1 Å². The van der Waals surface area contributed by atoms with E-state index in [1.807, 2.05) is 6.92 Å². The van der Waals surface area contributed by atoms with Gasteiger partial charge in [0.15, 0.2) is 5.78 Å². The fourth-order valence-electron chi connectivity index (χ4n) is 0.870. The molecule has 5 nitrogen and oxygen atoms in total. The van der Waals surface area contributed by atoms with Crippen LogP contribution in [0.25, 0.3) is 0 Å². The van der Waals surface area contributed by atoms with Gasteiger partial charge < -0.3 is 18.9 Å². The van der Waals surface area contributed by atoms with Gasteiger partial charge in [-0.25, -0.2) is 0 Å². The molecule has 0 heterocycles. The Morgan fingerprint density at radius 3 is 1.88 bits per heavy atom. The first-order valence-electron chi connectivity index (χ1n) is 5.55. The lowest BCUT2D eigenvalue weighted by Crippen LogP contribution is -2.13. The van der Waals surface area contributed by atoms with Crippen molar-refractivity contribution in [3.8, 4) is 0 Å². The van der Waals surface area contributed by atoms with E-state index in [2.05, 4.69) is 0 Å². The minimum atomic E-state index is 0.114. The largest absolute Gasteiger partial charge is 0.382 e. The first-order valence-corrected chi connectivity index (χ1v) is 5.55. The summed E-state index contributed by atoms with van der Waals surface area (Å²) in [5.41, 5.74) is 0. The van der Waals surface area contributed by atoms with Crippen LogP contribution in [0.15, 0.2) is 0 Å². The van der Waals surface area contributed by atoms with Crippen molar-refractivity contribution >= 4 is 5.78 Å². The van der Waals surface area contributed by atoms with Gasteiger partial charge in [0.2, 0.25) is 0 Å². The molecule has 0 aliphatic carbocycles. The molecule has 0 fully saturated rings. The molecule has 0 saturated heterocycles. The highest BCUT2D eigenvalue weighted by atomic mass is 16.6. The molecule has 0 N–H and O–H groups in total. The fraction of sp³-hybridized carbons (Fsp3) is 0.909. The summed E-state index contributed by atoms with van der Waals surface area (Å²) in [5, 5.41) is 0. The minimum Gasteiger partial charge on any atom is -0.382 e. The predicted octanol–water partition coefficient (Wildman–Crippen LogP) is 0.662. The summed E-state index contributed by atoms with van der Waals surface area (Å²) in [6.45, 7) is 5.22. The molecule has 0 unspecified atom stereocenters. The number of rotatable bonds is 12. The molecular weight excluding hydrogens is 212 g/mol. The van der Waals surface area contributed by atoms with Crippen LogP contribution < -0.4 is 0 Å². The van der Waals surface area contributed by atoms with Crippen LogP contribution >= 0.6 is 0 Å². The second-order valence-corrected chi connectivity index (χ2v) is 3.16. The number of carbonyl (C=O) groups is 1. The molecule has 0 aliphatic rings. The van der Waals surface area contributed by atoms with Gasteiger partial charge in [-0.15, -0.1) is 0 Å². The van der Waals surface area contributed by atoms with E-state index in [9.17, 15) is 4.79 Å². The van der Waals surface area contributed by atoms with Crippen molar-refractivity contribution in [2.45, 2.75) is 13.3 Å². The summed E-state index contributed by atoms with van der Waals surface area (Å²) in [5.74, 6) is 0.114. The van der Waals surface area contributed by atoms with Gasteiger partial charge in [0.05, 0.1) is 39.6 Å². The second-order valence-electron chi connectivity index (χ2n) is 3.16. The number of methoxy groups -OCH3 is 1. The molecular formula is C11H22O5. The number of hydrogen-bond donors (Lipinski definition) is 0. The van der Waals surface area contributed by atoms with Gasteiger partial charge in [0, 0.05) is 13.5 Å². The Balaban J connectivity index is 2.96. The van der Waals surface area contributed by atoms with Crippen LogP contribution in [0.3, 0.4) is 0 Å². The normalized spacial score (nSPS) is 10.6. The fourth-order valence-corrected chi connectivity index (χ4v) is 0.870. The van der Waals surface area contributed by atoms with E-state index in [0.29, 0.717) is 46.1 Å². The molecule has 0 rings (SSSR count).